The summed E-state index contributed by atoms with van der Waals surface area (Å²) in [5.74, 6) is 0.496. The van der Waals surface area contributed by atoms with Crippen LogP contribution in [0, 0.1) is 5.92 Å². The molecule has 1 aromatic rings. The van der Waals surface area contributed by atoms with Crippen molar-refractivity contribution in [2.45, 2.75) is 38.4 Å². The number of urea groups is 1. The van der Waals surface area contributed by atoms with Crippen molar-refractivity contribution in [2.75, 3.05) is 32.1 Å². The van der Waals surface area contributed by atoms with Crippen molar-refractivity contribution in [2.24, 2.45) is 5.92 Å². The summed E-state index contributed by atoms with van der Waals surface area (Å²) >= 11 is 0. The smallest absolute Gasteiger partial charge is 0.319 e. The number of methoxy groups -OCH3 is 1. The second kappa shape index (κ2) is 6.66. The molecule has 2 aliphatic rings. The third-order valence-corrected chi connectivity index (χ3v) is 4.44. The minimum Gasteiger partial charge on any atom is -0.383 e. The third-order valence-electron chi connectivity index (χ3n) is 4.44. The number of likely N-dealkylation sites (tertiary alicyclic amines) is 1. The fraction of sp³-hybridized carbons (Fsp3) is 0.733. The lowest BCUT2D eigenvalue weighted by Gasteiger charge is -2.17. The van der Waals surface area contributed by atoms with Gasteiger partial charge in [-0.05, 0) is 18.8 Å². The van der Waals surface area contributed by atoms with Crippen molar-refractivity contribution in [3.8, 4) is 0 Å². The molecule has 1 saturated carbocycles. The van der Waals surface area contributed by atoms with Gasteiger partial charge in [0.25, 0.3) is 0 Å². The van der Waals surface area contributed by atoms with E-state index in [1.165, 1.54) is 12.8 Å². The zero-order valence-electron chi connectivity index (χ0n) is 13.3. The summed E-state index contributed by atoms with van der Waals surface area (Å²) in [6.07, 6.45) is 6.09. The highest BCUT2D eigenvalue weighted by Crippen LogP contribution is 2.31. The molecule has 122 valence electrons. The first-order chi connectivity index (χ1) is 10.7. The van der Waals surface area contributed by atoms with E-state index in [4.69, 9.17) is 4.74 Å². The average molecular weight is 307 g/mol. The van der Waals surface area contributed by atoms with Crippen molar-refractivity contribution in [1.29, 1.82) is 0 Å². The van der Waals surface area contributed by atoms with Gasteiger partial charge in [-0.25, -0.2) is 4.79 Å². The molecule has 0 aromatic carbocycles. The van der Waals surface area contributed by atoms with Gasteiger partial charge >= 0.3 is 6.03 Å². The molecule has 2 heterocycles. The van der Waals surface area contributed by atoms with Gasteiger partial charge < -0.3 is 15.4 Å². The number of rotatable bonds is 6. The van der Waals surface area contributed by atoms with Crippen molar-refractivity contribution in [1.82, 2.24) is 20.0 Å². The Morgan fingerprint density at radius 1 is 1.45 bits per heavy atom. The molecule has 0 unspecified atom stereocenters. The number of anilines is 1. The molecule has 0 radical (unpaired) electrons. The predicted molar refractivity (Wildman–Crippen MR) is 83.8 cm³/mol. The van der Waals surface area contributed by atoms with Gasteiger partial charge in [-0.3, -0.25) is 9.58 Å². The maximum Gasteiger partial charge on any atom is 0.319 e. The highest BCUT2D eigenvalue weighted by Gasteiger charge is 2.38. The lowest BCUT2D eigenvalue weighted by atomic mass is 10.1. The molecule has 0 spiro atoms. The number of hydrogen-bond donors (Lipinski definition) is 2. The van der Waals surface area contributed by atoms with Crippen LogP contribution in [0.15, 0.2) is 12.4 Å². The molecule has 1 saturated heterocycles. The lowest BCUT2D eigenvalue weighted by Crippen LogP contribution is -2.42. The molecular weight excluding hydrogens is 282 g/mol. The fourth-order valence-corrected chi connectivity index (χ4v) is 3.00. The molecule has 2 fully saturated rings. The van der Waals surface area contributed by atoms with Crippen LogP contribution in [0.3, 0.4) is 0 Å². The number of ether oxygens (including phenoxy) is 1. The average Bonchev–Trinajstić information content (AvgIpc) is 3.15. The molecule has 0 bridgehead atoms. The molecule has 3 rings (SSSR count). The Kier molecular flexibility index (Phi) is 4.63. The quantitative estimate of drug-likeness (QED) is 0.826. The van der Waals surface area contributed by atoms with Crippen LogP contribution in [0.5, 0.6) is 0 Å². The van der Waals surface area contributed by atoms with Crippen LogP contribution < -0.4 is 10.6 Å². The van der Waals surface area contributed by atoms with E-state index in [2.05, 4.69) is 27.6 Å². The topological polar surface area (TPSA) is 71.4 Å². The van der Waals surface area contributed by atoms with Crippen LogP contribution >= 0.6 is 0 Å². The first kappa shape index (κ1) is 15.3. The van der Waals surface area contributed by atoms with Gasteiger partial charge in [-0.1, -0.05) is 6.92 Å². The van der Waals surface area contributed by atoms with Gasteiger partial charge in [0, 0.05) is 38.5 Å². The Morgan fingerprint density at radius 2 is 2.27 bits per heavy atom. The van der Waals surface area contributed by atoms with E-state index in [-0.39, 0.29) is 12.1 Å². The molecule has 7 nitrogen and oxygen atoms in total. The zero-order chi connectivity index (χ0) is 15.5. The van der Waals surface area contributed by atoms with Crippen LogP contribution in [0.1, 0.15) is 19.8 Å². The molecule has 2 amide bonds. The van der Waals surface area contributed by atoms with Crippen LogP contribution in [0.25, 0.3) is 0 Å². The van der Waals surface area contributed by atoms with E-state index in [0.717, 1.165) is 19.1 Å². The lowest BCUT2D eigenvalue weighted by molar-refractivity contribution is 0.183. The highest BCUT2D eigenvalue weighted by atomic mass is 16.5. The van der Waals surface area contributed by atoms with Gasteiger partial charge in [0.1, 0.15) is 0 Å². The van der Waals surface area contributed by atoms with Gasteiger partial charge in [-0.15, -0.1) is 0 Å². The first-order valence-corrected chi connectivity index (χ1v) is 7.98. The molecular formula is C15H25N5O2. The molecule has 2 atom stereocenters. The summed E-state index contributed by atoms with van der Waals surface area (Å²) in [6, 6.07) is 0.834. The van der Waals surface area contributed by atoms with E-state index < -0.39 is 0 Å². The monoisotopic (exact) mass is 307 g/mol. The van der Waals surface area contributed by atoms with Gasteiger partial charge in [0.15, 0.2) is 0 Å². The Balaban J connectivity index is 1.46. The van der Waals surface area contributed by atoms with Gasteiger partial charge in [0.05, 0.1) is 25.0 Å². The van der Waals surface area contributed by atoms with E-state index in [1.807, 2.05) is 6.20 Å². The van der Waals surface area contributed by atoms with Gasteiger partial charge in [0.2, 0.25) is 0 Å². The minimum atomic E-state index is -0.152. The maximum atomic E-state index is 12.1. The Labute approximate surface area is 131 Å². The second-order valence-electron chi connectivity index (χ2n) is 6.35. The molecule has 7 heteroatoms. The summed E-state index contributed by atoms with van der Waals surface area (Å²) in [6.45, 7) is 5.53. The zero-order valence-corrected chi connectivity index (χ0v) is 13.3. The number of carbonyl (C=O) groups is 1. The number of amides is 2. The summed E-state index contributed by atoms with van der Waals surface area (Å²) in [7, 11) is 1.66. The van der Waals surface area contributed by atoms with Crippen LogP contribution in [-0.2, 0) is 11.3 Å². The van der Waals surface area contributed by atoms with Crippen molar-refractivity contribution >= 4 is 11.7 Å². The summed E-state index contributed by atoms with van der Waals surface area (Å²) in [5, 5.41) is 10.1. The van der Waals surface area contributed by atoms with Crippen LogP contribution in [0.4, 0.5) is 10.5 Å². The Hall–Kier alpha value is -1.60. The highest BCUT2D eigenvalue weighted by molar-refractivity contribution is 5.89. The van der Waals surface area contributed by atoms with Crippen LogP contribution in [0.2, 0.25) is 0 Å². The second-order valence-corrected chi connectivity index (χ2v) is 6.35. The molecule has 22 heavy (non-hydrogen) atoms. The molecule has 1 aromatic heterocycles. The number of aromatic nitrogens is 2. The number of carbonyl (C=O) groups excluding carboxylic acids is 1. The number of nitrogens with one attached hydrogen (secondary N) is 2. The normalized spacial score (nSPS) is 25.4. The molecule has 2 N–H and O–H groups in total. The summed E-state index contributed by atoms with van der Waals surface area (Å²) in [5.41, 5.74) is 0.707. The van der Waals surface area contributed by atoms with E-state index in [0.29, 0.717) is 24.8 Å². The Morgan fingerprint density at radius 3 is 3.00 bits per heavy atom. The SMILES string of the molecule is COCCn1cc(NC(=O)N[C@H]2CN(C3CC3)C[C@H]2C)cn1. The van der Waals surface area contributed by atoms with E-state index >= 15 is 0 Å². The van der Waals surface area contributed by atoms with Gasteiger partial charge in [-0.2, -0.15) is 5.10 Å². The maximum absolute atomic E-state index is 12.1. The standard InChI is InChI=1S/C15H25N5O2/c1-11-8-19(13-3-4-13)10-14(11)18-15(21)17-12-7-16-20(9-12)5-6-22-2/h7,9,11,13-14H,3-6,8,10H2,1-2H3,(H2,17,18,21)/t11-,14+/m1/s1. The minimum absolute atomic E-state index is 0.152. The van der Waals surface area contributed by atoms with E-state index in [1.54, 1.807) is 18.0 Å². The van der Waals surface area contributed by atoms with Crippen LogP contribution in [-0.4, -0.2) is 59.6 Å². The third kappa shape index (κ3) is 3.78. The summed E-state index contributed by atoms with van der Waals surface area (Å²) < 4.78 is 6.76. The largest absolute Gasteiger partial charge is 0.383 e. The first-order valence-electron chi connectivity index (χ1n) is 7.98. The Bertz CT molecular complexity index is 514. The van der Waals surface area contributed by atoms with E-state index in [9.17, 15) is 4.79 Å². The van der Waals surface area contributed by atoms with Crippen molar-refractivity contribution < 1.29 is 9.53 Å². The van der Waals surface area contributed by atoms with Crippen molar-refractivity contribution in [3.63, 3.8) is 0 Å². The number of nitrogens with zero attached hydrogens (tertiary/aromatic N) is 3. The fourth-order valence-electron chi connectivity index (χ4n) is 3.00. The molecule has 1 aliphatic heterocycles. The summed E-state index contributed by atoms with van der Waals surface area (Å²) in [4.78, 5) is 14.6. The predicted octanol–water partition coefficient (Wildman–Crippen LogP) is 1.13. The van der Waals surface area contributed by atoms with Crippen molar-refractivity contribution in [3.05, 3.63) is 12.4 Å². The number of hydrogen-bond acceptors (Lipinski definition) is 4. The molecule has 1 aliphatic carbocycles.